The molecule has 0 saturated carbocycles. The highest BCUT2D eigenvalue weighted by Gasteiger charge is 1.76. The molecule has 0 spiro atoms. The molecule has 4 heteroatoms. The van der Waals surface area contributed by atoms with Gasteiger partial charge in [-0.2, -0.15) is 0 Å². The third-order valence-electron chi connectivity index (χ3n) is 0.398. The maximum atomic E-state index is 9.81. The fraction of sp³-hybridized carbons (Fsp3) is 0. The minimum absolute atomic E-state index is 0.389. The van der Waals surface area contributed by atoms with Crippen LogP contribution in [0.5, 0.6) is 0 Å². The first-order chi connectivity index (χ1) is 2.89. The number of aromatic nitrogens is 3. The van der Waals surface area contributed by atoms with Crippen LogP contribution in [0.25, 0.3) is 0 Å². The summed E-state index contributed by atoms with van der Waals surface area (Å²) in [6.07, 6.45) is 2.27. The summed E-state index contributed by atoms with van der Waals surface area (Å²) < 4.78 is 0. The van der Waals surface area contributed by atoms with Crippen LogP contribution in [0.4, 0.5) is 0 Å². The van der Waals surface area contributed by atoms with Crippen molar-refractivity contribution in [1.82, 2.24) is 14.9 Å². The van der Waals surface area contributed by atoms with E-state index in [0.29, 0.717) is 4.85 Å². The predicted molar refractivity (Wildman–Crippen MR) is 16.1 cm³/mol. The summed E-state index contributed by atoms with van der Waals surface area (Å²) in [5.41, 5.74) is 0. The van der Waals surface area contributed by atoms with E-state index in [9.17, 15) is 5.21 Å². The van der Waals surface area contributed by atoms with Crippen LogP contribution in [0, 0.1) is 0 Å². The maximum Gasteiger partial charge on any atom is 0.160 e. The molecule has 0 N–H and O–H groups in total. The zero-order valence-corrected chi connectivity index (χ0v) is 2.90. The Bertz CT molecular complexity index is 112. The van der Waals surface area contributed by atoms with Crippen molar-refractivity contribution < 1.29 is 5.21 Å². The maximum absolute atomic E-state index is 9.81. The van der Waals surface area contributed by atoms with Gasteiger partial charge in [0.05, 0.1) is 0 Å². The average molecular weight is 84.1 g/mol. The molecule has 0 atom stereocenters. The van der Waals surface area contributed by atoms with Crippen molar-refractivity contribution in [2.75, 3.05) is 0 Å². The summed E-state index contributed by atoms with van der Waals surface area (Å²) >= 11 is 0. The van der Waals surface area contributed by atoms with E-state index in [-0.39, 0.29) is 0 Å². The first kappa shape index (κ1) is 3.14. The number of hydrogen-bond donors (Lipinski definition) is 0. The lowest BCUT2D eigenvalue weighted by atomic mass is 11.3. The lowest BCUT2D eigenvalue weighted by Crippen LogP contribution is -1.83. The van der Waals surface area contributed by atoms with Crippen molar-refractivity contribution in [3.8, 4) is 0 Å². The van der Waals surface area contributed by atoms with Gasteiger partial charge in [-0.25, -0.2) is 4.98 Å². The van der Waals surface area contributed by atoms with Crippen LogP contribution in [0.3, 0.4) is 0 Å². The Balaban J connectivity index is 3.05. The molecular formula is C2H2N3O. The largest absolute Gasteiger partial charge is 0.219 e. The number of hydrogen-bond acceptors (Lipinski definition) is 2. The van der Waals surface area contributed by atoms with E-state index in [1.807, 2.05) is 0 Å². The first-order valence-corrected chi connectivity index (χ1v) is 1.42. The van der Waals surface area contributed by atoms with Crippen molar-refractivity contribution >= 4 is 0 Å². The van der Waals surface area contributed by atoms with E-state index in [4.69, 9.17) is 0 Å². The zero-order chi connectivity index (χ0) is 4.41. The third-order valence-corrected chi connectivity index (χ3v) is 0.398. The van der Waals surface area contributed by atoms with Crippen molar-refractivity contribution in [3.63, 3.8) is 0 Å². The molecule has 0 saturated heterocycles. The van der Waals surface area contributed by atoms with Gasteiger partial charge >= 0.3 is 0 Å². The molecule has 1 aromatic heterocycles. The van der Waals surface area contributed by atoms with Gasteiger partial charge in [0.2, 0.25) is 0 Å². The molecule has 0 aliphatic carbocycles. The topological polar surface area (TPSA) is 50.6 Å². The Kier molecular flexibility index (Phi) is 0.506. The van der Waals surface area contributed by atoms with Crippen molar-refractivity contribution in [1.29, 1.82) is 0 Å². The molecule has 0 aromatic carbocycles. The normalized spacial score (nSPS) is 8.67. The van der Waals surface area contributed by atoms with Crippen molar-refractivity contribution in [2.24, 2.45) is 0 Å². The summed E-state index contributed by atoms with van der Waals surface area (Å²) in [5.74, 6) is 0. The summed E-state index contributed by atoms with van der Waals surface area (Å²) in [5, 5.41) is 13.0. The van der Waals surface area contributed by atoms with Gasteiger partial charge < -0.3 is 0 Å². The van der Waals surface area contributed by atoms with E-state index in [0.717, 1.165) is 6.33 Å². The zero-order valence-electron chi connectivity index (χ0n) is 2.90. The van der Waals surface area contributed by atoms with Gasteiger partial charge in [-0.15, -0.1) is 10.3 Å². The summed E-state index contributed by atoms with van der Waals surface area (Å²) in [4.78, 5) is 3.75. The van der Waals surface area contributed by atoms with E-state index in [2.05, 4.69) is 10.1 Å². The SMILES string of the molecule is [O]n1cncn1. The fourth-order valence-corrected chi connectivity index (χ4v) is 0.197. The van der Waals surface area contributed by atoms with Crippen molar-refractivity contribution in [2.45, 2.75) is 0 Å². The molecule has 0 bridgehead atoms. The molecule has 0 amide bonds. The molecule has 4 nitrogen and oxygen atoms in total. The quantitative estimate of drug-likeness (QED) is 0.424. The molecule has 1 heterocycles. The lowest BCUT2D eigenvalue weighted by molar-refractivity contribution is 0.0583. The Hall–Kier alpha value is -1.06. The highest BCUT2D eigenvalue weighted by molar-refractivity contribution is 4.46. The fourth-order valence-electron chi connectivity index (χ4n) is 0.197. The van der Waals surface area contributed by atoms with E-state index in [1.54, 1.807) is 0 Å². The predicted octanol–water partition coefficient (Wildman–Crippen LogP) is -0.528. The Morgan fingerprint density at radius 3 is 2.67 bits per heavy atom. The molecular weight excluding hydrogens is 82.0 g/mol. The van der Waals surface area contributed by atoms with Gasteiger partial charge in [-0.1, -0.05) is 0 Å². The molecule has 1 aromatic rings. The molecule has 0 aliphatic heterocycles. The second-order valence-electron chi connectivity index (χ2n) is 0.798. The first-order valence-electron chi connectivity index (χ1n) is 1.42. The van der Waals surface area contributed by atoms with Crippen LogP contribution in [-0.4, -0.2) is 14.9 Å². The molecule has 0 aliphatic rings. The molecule has 0 unspecified atom stereocenters. The Morgan fingerprint density at radius 2 is 2.50 bits per heavy atom. The van der Waals surface area contributed by atoms with Gasteiger partial charge in [0.15, 0.2) is 6.33 Å². The van der Waals surface area contributed by atoms with E-state index < -0.39 is 0 Å². The molecule has 1 rings (SSSR count). The Labute approximate surface area is 34.0 Å². The number of nitrogens with zero attached hydrogens (tertiary/aromatic N) is 3. The van der Waals surface area contributed by atoms with Gasteiger partial charge in [-0.3, -0.25) is 0 Å². The smallest absolute Gasteiger partial charge is 0.160 e. The summed E-state index contributed by atoms with van der Waals surface area (Å²) in [6.45, 7) is 0. The average Bonchev–Trinajstić information content (AvgIpc) is 1.86. The molecule has 31 valence electrons. The van der Waals surface area contributed by atoms with Gasteiger partial charge in [-0.05, 0) is 4.85 Å². The van der Waals surface area contributed by atoms with Crippen molar-refractivity contribution in [3.05, 3.63) is 12.7 Å². The lowest BCUT2D eigenvalue weighted by Gasteiger charge is -1.66. The van der Waals surface area contributed by atoms with Crippen LogP contribution in [0.15, 0.2) is 12.7 Å². The van der Waals surface area contributed by atoms with E-state index >= 15 is 0 Å². The molecule has 0 fully saturated rings. The molecule has 1 radical (unpaired) electrons. The van der Waals surface area contributed by atoms with Crippen LogP contribution in [-0.2, 0) is 5.21 Å². The van der Waals surface area contributed by atoms with Crippen LogP contribution < -0.4 is 0 Å². The number of rotatable bonds is 0. The second-order valence-corrected chi connectivity index (χ2v) is 0.798. The molecule has 6 heavy (non-hydrogen) atoms. The standard InChI is InChI=1S/C2H2N3O/c6-5-2-3-1-4-5/h1-2H. The second kappa shape index (κ2) is 0.965. The van der Waals surface area contributed by atoms with Crippen LogP contribution in [0.1, 0.15) is 0 Å². The Morgan fingerprint density at radius 1 is 1.67 bits per heavy atom. The minimum Gasteiger partial charge on any atom is -0.219 e. The summed E-state index contributed by atoms with van der Waals surface area (Å²) in [6, 6.07) is 0. The van der Waals surface area contributed by atoms with E-state index in [1.165, 1.54) is 6.33 Å². The summed E-state index contributed by atoms with van der Waals surface area (Å²) in [7, 11) is 0. The van der Waals surface area contributed by atoms with Gasteiger partial charge in [0, 0.05) is 0 Å². The highest BCUT2D eigenvalue weighted by atomic mass is 16.5. The minimum atomic E-state index is 0.389. The third kappa shape index (κ3) is 0.314. The van der Waals surface area contributed by atoms with Gasteiger partial charge in [0.1, 0.15) is 6.33 Å². The van der Waals surface area contributed by atoms with Gasteiger partial charge in [0.25, 0.3) is 0 Å². The van der Waals surface area contributed by atoms with Crippen LogP contribution >= 0.6 is 0 Å². The van der Waals surface area contributed by atoms with Crippen LogP contribution in [0.2, 0.25) is 0 Å². The monoisotopic (exact) mass is 84.0 g/mol. The highest BCUT2D eigenvalue weighted by Crippen LogP contribution is 1.65.